The number of aromatic nitrogens is 8. The number of ether oxygens (including phenoxy) is 3. The van der Waals surface area contributed by atoms with Crippen molar-refractivity contribution >= 4 is 73.7 Å². The molecule has 0 bridgehead atoms. The van der Waals surface area contributed by atoms with Crippen molar-refractivity contribution in [2.75, 3.05) is 43.5 Å². The Morgan fingerprint density at radius 1 is 0.795 bits per heavy atom. The number of nitrogens with zero attached hydrogens (tertiary/aromatic N) is 9. The van der Waals surface area contributed by atoms with E-state index in [1.807, 2.05) is 18.4 Å². The van der Waals surface area contributed by atoms with Gasteiger partial charge in [-0.1, -0.05) is 0 Å². The van der Waals surface area contributed by atoms with Crippen molar-refractivity contribution in [3.05, 3.63) is 70.3 Å². The maximum atomic E-state index is 14.0. The van der Waals surface area contributed by atoms with Gasteiger partial charge in [0.2, 0.25) is 33.7 Å². The lowest BCUT2D eigenvalue weighted by Gasteiger charge is -2.33. The molecule has 2 aromatic carbocycles. The Bertz CT molecular complexity index is 3230. The highest BCUT2D eigenvalue weighted by Crippen LogP contribution is 2.39. The number of anilines is 2. The summed E-state index contributed by atoms with van der Waals surface area (Å²) in [5, 5.41) is 14.1. The number of primary amides is 2. The van der Waals surface area contributed by atoms with Gasteiger partial charge in [-0.05, 0) is 117 Å². The molecule has 1 saturated heterocycles. The van der Waals surface area contributed by atoms with E-state index in [9.17, 15) is 32.4 Å². The summed E-state index contributed by atoms with van der Waals surface area (Å²) in [6.45, 7) is 14.5. The number of hydrogen-bond donors (Lipinski definition) is 5. The molecule has 4 aromatic heterocycles. The highest BCUT2D eigenvalue weighted by atomic mass is 32.2. The van der Waals surface area contributed by atoms with Crippen LogP contribution in [0.3, 0.4) is 0 Å². The van der Waals surface area contributed by atoms with E-state index in [0.717, 1.165) is 0 Å². The van der Waals surface area contributed by atoms with Crippen LogP contribution in [-0.4, -0.2) is 125 Å². The van der Waals surface area contributed by atoms with Crippen molar-refractivity contribution in [1.29, 1.82) is 0 Å². The fraction of sp³-hybridized carbons (Fsp3) is 0.479. The maximum Gasteiger partial charge on any atom is 0.410 e. The number of hydrogen-bond acceptors (Lipinski definition) is 14. The van der Waals surface area contributed by atoms with Crippen LogP contribution in [0.1, 0.15) is 126 Å². The molecule has 0 radical (unpaired) electrons. The lowest BCUT2D eigenvalue weighted by molar-refractivity contribution is 0.0216. The molecule has 1 atom stereocenters. The quantitative estimate of drug-likeness (QED) is 0.0691. The summed E-state index contributed by atoms with van der Waals surface area (Å²) in [6, 6.07) is 9.05. The number of carbonyl (C=O) groups is 5. The van der Waals surface area contributed by atoms with Crippen molar-refractivity contribution in [2.45, 2.75) is 117 Å². The van der Waals surface area contributed by atoms with Crippen LogP contribution < -0.4 is 36.3 Å². The number of nitrogens with one attached hydrogen (secondary N) is 3. The van der Waals surface area contributed by atoms with E-state index in [4.69, 9.17) is 35.6 Å². The van der Waals surface area contributed by atoms with Crippen molar-refractivity contribution < 1.29 is 46.6 Å². The molecule has 0 aliphatic carbocycles. The number of piperidine rings is 1. The summed E-state index contributed by atoms with van der Waals surface area (Å²) in [6.07, 6.45) is 1.12. The van der Waals surface area contributed by atoms with Crippen molar-refractivity contribution in [2.24, 2.45) is 11.5 Å². The summed E-state index contributed by atoms with van der Waals surface area (Å²) >= 11 is 0. The molecule has 2 aliphatic rings. The van der Waals surface area contributed by atoms with E-state index in [0.29, 0.717) is 76.5 Å². The average Bonchev–Trinajstić information content (AvgIpc) is 4.11. The van der Waals surface area contributed by atoms with Gasteiger partial charge in [-0.2, -0.15) is 10.2 Å². The second-order valence-electron chi connectivity index (χ2n) is 19.1. The van der Waals surface area contributed by atoms with Gasteiger partial charge in [0.05, 0.1) is 40.3 Å². The minimum absolute atomic E-state index is 0.0127. The molecule has 1 fully saturated rings. The third kappa shape index (κ3) is 11.3. The van der Waals surface area contributed by atoms with Crippen LogP contribution in [-0.2, 0) is 34.4 Å². The second-order valence-corrected chi connectivity index (χ2v) is 21.1. The fourth-order valence-electron chi connectivity index (χ4n) is 9.18. The summed E-state index contributed by atoms with van der Waals surface area (Å²) in [5.74, 6) is -1.37. The third-order valence-electron chi connectivity index (χ3n) is 12.6. The molecular formula is C48H62N14O10S. The zero-order valence-electron chi connectivity index (χ0n) is 42.0. The number of rotatable bonds is 19. The van der Waals surface area contributed by atoms with Crippen LogP contribution in [0, 0.1) is 13.8 Å². The SMILES string of the molecule is CCn1nc(C)cc1C(=O)Nc1nc2cc(C(N)=O)cc(OCCCNS(=O)(=O)C3CCN(C(=O)OC(C)(C)C)CC3)c2n1CCC[C@H]1COc2cc(C(N)=O)cc3nc(NC(=O)c4cc(C)nn4CC)n1c23. The molecule has 6 aromatic rings. The van der Waals surface area contributed by atoms with Gasteiger partial charge < -0.3 is 39.7 Å². The molecule has 7 N–H and O–H groups in total. The third-order valence-corrected chi connectivity index (χ3v) is 14.5. The number of fused-ring (bicyclic) bond motifs is 1. The number of sulfonamides is 1. The lowest BCUT2D eigenvalue weighted by Crippen LogP contribution is -2.47. The zero-order chi connectivity index (χ0) is 52.5. The van der Waals surface area contributed by atoms with Gasteiger partial charge in [0.25, 0.3) is 11.8 Å². The number of amides is 5. The molecule has 2 aliphatic heterocycles. The van der Waals surface area contributed by atoms with E-state index in [1.165, 1.54) is 17.0 Å². The molecular weight excluding hydrogens is 965 g/mol. The monoisotopic (exact) mass is 1030 g/mol. The molecule has 5 amide bonds. The van der Waals surface area contributed by atoms with E-state index in [1.54, 1.807) is 72.8 Å². The predicted octanol–water partition coefficient (Wildman–Crippen LogP) is 4.64. The van der Waals surface area contributed by atoms with Crippen LogP contribution in [0.2, 0.25) is 0 Å². The number of imidazole rings is 2. The summed E-state index contributed by atoms with van der Waals surface area (Å²) in [5.41, 5.74) is 14.7. The van der Waals surface area contributed by atoms with E-state index in [-0.39, 0.29) is 87.4 Å². The van der Waals surface area contributed by atoms with Gasteiger partial charge >= 0.3 is 6.09 Å². The lowest BCUT2D eigenvalue weighted by atomic mass is 10.1. The normalized spacial score (nSPS) is 15.1. The molecule has 8 rings (SSSR count). The molecule has 24 nitrogen and oxygen atoms in total. The standard InChI is InChI=1S/C48H62N14O10S/c1-8-60-35(20-27(3)56-60)43(65)54-45-52-33-22-29(41(49)63)24-37(70-19-11-15-51-73(68,69)32-13-17-58(18-14-32)47(67)72-48(5,6)7)39(33)59(45)16-10-12-31-26-71-38-25-30(42(50)64)23-34-40(38)62(31)46(53-34)55-44(66)36-21-28(4)57-61(36)9-2/h20-25,31-32,51H,8-19,26H2,1-7H3,(H2,49,63)(H2,50,64)(H,52,54,65)(H,53,55,66)/t31-/m0/s1. The summed E-state index contributed by atoms with van der Waals surface area (Å²) in [7, 11) is -3.74. The molecule has 6 heterocycles. The second kappa shape index (κ2) is 20.9. The largest absolute Gasteiger partial charge is 0.491 e. The first-order chi connectivity index (χ1) is 34.6. The first-order valence-electron chi connectivity index (χ1n) is 24.3. The number of carbonyl (C=O) groups excluding carboxylic acids is 5. The minimum Gasteiger partial charge on any atom is -0.491 e. The van der Waals surface area contributed by atoms with E-state index < -0.39 is 56.6 Å². The Morgan fingerprint density at radius 3 is 1.96 bits per heavy atom. The van der Waals surface area contributed by atoms with Crippen LogP contribution in [0.4, 0.5) is 16.7 Å². The fourth-order valence-corrected chi connectivity index (χ4v) is 10.7. The van der Waals surface area contributed by atoms with Crippen LogP contribution >= 0.6 is 0 Å². The van der Waals surface area contributed by atoms with Gasteiger partial charge in [0, 0.05) is 50.4 Å². The van der Waals surface area contributed by atoms with Crippen LogP contribution in [0.5, 0.6) is 11.5 Å². The molecule has 0 unspecified atom stereocenters. The molecule has 73 heavy (non-hydrogen) atoms. The first-order valence-corrected chi connectivity index (χ1v) is 25.8. The van der Waals surface area contributed by atoms with E-state index >= 15 is 0 Å². The van der Waals surface area contributed by atoms with Crippen LogP contribution in [0.25, 0.3) is 22.1 Å². The Morgan fingerprint density at radius 2 is 1.37 bits per heavy atom. The molecule has 0 spiro atoms. The number of benzene rings is 2. The zero-order valence-corrected chi connectivity index (χ0v) is 42.8. The smallest absolute Gasteiger partial charge is 0.410 e. The summed E-state index contributed by atoms with van der Waals surface area (Å²) < 4.78 is 54.3. The van der Waals surface area contributed by atoms with Crippen molar-refractivity contribution in [3.8, 4) is 11.5 Å². The van der Waals surface area contributed by atoms with Gasteiger partial charge in [-0.3, -0.25) is 39.2 Å². The number of aryl methyl sites for hydroxylation is 5. The highest BCUT2D eigenvalue weighted by molar-refractivity contribution is 7.90. The minimum atomic E-state index is -3.74. The van der Waals surface area contributed by atoms with E-state index in [2.05, 4.69) is 25.6 Å². The molecule has 390 valence electrons. The van der Waals surface area contributed by atoms with Crippen molar-refractivity contribution in [3.63, 3.8) is 0 Å². The number of likely N-dealkylation sites (tertiary alicyclic amines) is 1. The first kappa shape index (κ1) is 51.8. The predicted molar refractivity (Wildman–Crippen MR) is 269 cm³/mol. The molecule has 25 heteroatoms. The van der Waals surface area contributed by atoms with Crippen molar-refractivity contribution in [1.82, 2.24) is 48.3 Å². The maximum absolute atomic E-state index is 14.0. The Balaban J connectivity index is 1.05. The molecule has 0 saturated carbocycles. The highest BCUT2D eigenvalue weighted by Gasteiger charge is 2.34. The topological polar surface area (TPSA) is 310 Å². The van der Waals surface area contributed by atoms with Gasteiger partial charge in [-0.15, -0.1) is 0 Å². The number of nitrogens with two attached hydrogens (primary N) is 2. The van der Waals surface area contributed by atoms with Gasteiger partial charge in [0.15, 0.2) is 0 Å². The Labute approximate surface area is 421 Å². The van der Waals surface area contributed by atoms with Crippen LogP contribution in [0.15, 0.2) is 36.4 Å². The average molecular weight is 1030 g/mol. The Kier molecular flexibility index (Phi) is 14.8. The van der Waals surface area contributed by atoms with Gasteiger partial charge in [0.1, 0.15) is 46.1 Å². The summed E-state index contributed by atoms with van der Waals surface area (Å²) in [4.78, 5) is 76.5. The Hall–Kier alpha value is -7.54. The van der Waals surface area contributed by atoms with Gasteiger partial charge in [-0.25, -0.2) is 27.9 Å².